The number of benzene rings is 2. The minimum Gasteiger partial charge on any atom is -0.489 e. The molecule has 4 nitrogen and oxygen atoms in total. The largest absolute Gasteiger partial charge is 0.573 e. The Morgan fingerprint density at radius 2 is 1.42 bits per heavy atom. The van der Waals surface area contributed by atoms with Gasteiger partial charge in [-0.25, -0.2) is 0 Å². The molecule has 172 valence electrons. The molecular formula is C20H20ClF6NO3. The van der Waals surface area contributed by atoms with E-state index in [-0.39, 0.29) is 41.8 Å². The summed E-state index contributed by atoms with van der Waals surface area (Å²) >= 11 is 0. The van der Waals surface area contributed by atoms with E-state index in [2.05, 4.69) is 14.8 Å². The topological polar surface area (TPSA) is 39.7 Å². The van der Waals surface area contributed by atoms with Gasteiger partial charge in [0.15, 0.2) is 11.5 Å². The summed E-state index contributed by atoms with van der Waals surface area (Å²) in [5, 5.41) is 3.18. The van der Waals surface area contributed by atoms with Crippen LogP contribution >= 0.6 is 12.4 Å². The molecule has 1 fully saturated rings. The predicted molar refractivity (Wildman–Crippen MR) is 104 cm³/mol. The van der Waals surface area contributed by atoms with E-state index in [4.69, 9.17) is 4.74 Å². The molecule has 1 saturated heterocycles. The first-order valence-corrected chi connectivity index (χ1v) is 9.19. The number of rotatable bonds is 6. The van der Waals surface area contributed by atoms with E-state index < -0.39 is 24.2 Å². The fraction of sp³-hybridized carbons (Fsp3) is 0.400. The summed E-state index contributed by atoms with van der Waals surface area (Å²) in [5.74, 6) is -1.09. The van der Waals surface area contributed by atoms with Crippen LogP contribution in [0.4, 0.5) is 26.3 Å². The lowest BCUT2D eigenvalue weighted by Crippen LogP contribution is -2.30. The zero-order valence-corrected chi connectivity index (χ0v) is 16.9. The van der Waals surface area contributed by atoms with E-state index in [0.29, 0.717) is 0 Å². The van der Waals surface area contributed by atoms with Crippen molar-refractivity contribution in [1.82, 2.24) is 5.32 Å². The van der Waals surface area contributed by atoms with Crippen LogP contribution in [0.3, 0.4) is 0 Å². The number of alkyl halides is 6. The monoisotopic (exact) mass is 471 g/mol. The Hall–Kier alpha value is -2.33. The summed E-state index contributed by atoms with van der Waals surface area (Å²) in [6.07, 6.45) is -8.25. The summed E-state index contributed by atoms with van der Waals surface area (Å²) in [6.45, 7) is 1.73. The van der Waals surface area contributed by atoms with Gasteiger partial charge in [0.1, 0.15) is 5.75 Å². The van der Waals surface area contributed by atoms with Crippen LogP contribution in [-0.2, 0) is 0 Å². The molecule has 2 aromatic carbocycles. The fourth-order valence-electron chi connectivity index (χ4n) is 3.17. The highest BCUT2D eigenvalue weighted by Gasteiger charge is 2.34. The van der Waals surface area contributed by atoms with Gasteiger partial charge in [-0.3, -0.25) is 0 Å². The van der Waals surface area contributed by atoms with E-state index in [9.17, 15) is 26.3 Å². The molecule has 1 aliphatic heterocycles. The highest BCUT2D eigenvalue weighted by molar-refractivity contribution is 5.85. The van der Waals surface area contributed by atoms with Crippen molar-refractivity contribution in [2.45, 2.75) is 25.6 Å². The fourth-order valence-corrected chi connectivity index (χ4v) is 3.17. The number of hydrogen-bond donors (Lipinski definition) is 1. The summed E-state index contributed by atoms with van der Waals surface area (Å²) in [4.78, 5) is 0. The van der Waals surface area contributed by atoms with Gasteiger partial charge in [0, 0.05) is 5.56 Å². The van der Waals surface area contributed by atoms with Crippen molar-refractivity contribution in [3.8, 4) is 28.4 Å². The molecule has 1 N–H and O–H groups in total. The molecule has 0 bridgehead atoms. The number of para-hydroxylation sites is 1. The molecule has 11 heteroatoms. The van der Waals surface area contributed by atoms with Gasteiger partial charge in [-0.2, -0.15) is 0 Å². The third-order valence-electron chi connectivity index (χ3n) is 4.53. The highest BCUT2D eigenvalue weighted by Crippen LogP contribution is 2.40. The van der Waals surface area contributed by atoms with Crippen LogP contribution in [-0.4, -0.2) is 32.4 Å². The molecular weight excluding hydrogens is 452 g/mol. The van der Waals surface area contributed by atoms with Crippen molar-refractivity contribution in [2.24, 2.45) is 5.92 Å². The van der Waals surface area contributed by atoms with Gasteiger partial charge in [-0.05, 0) is 55.6 Å². The van der Waals surface area contributed by atoms with Crippen molar-refractivity contribution < 1.29 is 40.6 Å². The maximum atomic E-state index is 12.8. The SMILES string of the molecule is Cl.FC(F)(F)Oc1ccc(-c2ccccc2OC(F)(F)F)cc1OCC1CCNCC1. The van der Waals surface area contributed by atoms with E-state index >= 15 is 0 Å². The molecule has 0 radical (unpaired) electrons. The first-order chi connectivity index (χ1) is 14.1. The molecule has 0 aromatic heterocycles. The van der Waals surface area contributed by atoms with E-state index in [1.54, 1.807) is 0 Å². The number of nitrogens with one attached hydrogen (secondary N) is 1. The first-order valence-electron chi connectivity index (χ1n) is 9.19. The molecule has 1 heterocycles. The molecule has 0 saturated carbocycles. The van der Waals surface area contributed by atoms with Crippen molar-refractivity contribution >= 4 is 12.4 Å². The molecule has 31 heavy (non-hydrogen) atoms. The Balaban J connectivity index is 0.00000341. The van der Waals surface area contributed by atoms with Crippen LogP contribution in [0.15, 0.2) is 42.5 Å². The predicted octanol–water partition coefficient (Wildman–Crippen LogP) is 5.95. The van der Waals surface area contributed by atoms with Gasteiger partial charge in [0.05, 0.1) is 6.61 Å². The summed E-state index contributed by atoms with van der Waals surface area (Å²) in [7, 11) is 0. The number of piperidine rings is 1. The molecule has 2 aromatic rings. The lowest BCUT2D eigenvalue weighted by Gasteiger charge is -2.23. The van der Waals surface area contributed by atoms with Crippen LogP contribution in [0.2, 0.25) is 0 Å². The molecule has 0 atom stereocenters. The molecule has 3 rings (SSSR count). The zero-order valence-electron chi connectivity index (χ0n) is 16.1. The van der Waals surface area contributed by atoms with Crippen LogP contribution in [0.1, 0.15) is 12.8 Å². The normalized spacial score (nSPS) is 15.2. The van der Waals surface area contributed by atoms with E-state index in [1.165, 1.54) is 30.3 Å². The molecule has 0 aliphatic carbocycles. The average molecular weight is 472 g/mol. The number of ether oxygens (including phenoxy) is 3. The third kappa shape index (κ3) is 7.70. The Bertz CT molecular complexity index is 854. The summed E-state index contributed by atoms with van der Waals surface area (Å²) in [5.41, 5.74) is 0.254. The van der Waals surface area contributed by atoms with Gasteiger partial charge in [-0.1, -0.05) is 24.3 Å². The maximum absolute atomic E-state index is 12.8. The third-order valence-corrected chi connectivity index (χ3v) is 4.53. The maximum Gasteiger partial charge on any atom is 0.573 e. The van der Waals surface area contributed by atoms with Gasteiger partial charge in [0.2, 0.25) is 0 Å². The smallest absolute Gasteiger partial charge is 0.489 e. The first kappa shape index (κ1) is 24.9. The second-order valence-electron chi connectivity index (χ2n) is 6.76. The Morgan fingerprint density at radius 1 is 0.806 bits per heavy atom. The standard InChI is InChI=1S/C20H19F6NO3.ClH/c21-19(22,23)29-16-4-2-1-3-15(16)14-5-6-17(30-20(24,25)26)18(11-14)28-12-13-7-9-27-10-8-13;/h1-6,11,13,27H,7-10,12H2;1H. The lowest BCUT2D eigenvalue weighted by atomic mass is 9.99. The zero-order chi connectivity index (χ0) is 21.8. The summed E-state index contributed by atoms with van der Waals surface area (Å²) < 4.78 is 90.0. The summed E-state index contributed by atoms with van der Waals surface area (Å²) in [6, 6.07) is 8.81. The molecule has 0 spiro atoms. The number of hydrogen-bond acceptors (Lipinski definition) is 4. The van der Waals surface area contributed by atoms with Crippen LogP contribution < -0.4 is 19.5 Å². The van der Waals surface area contributed by atoms with E-state index in [1.807, 2.05) is 0 Å². The minimum absolute atomic E-state index is 0. The van der Waals surface area contributed by atoms with Crippen molar-refractivity contribution in [3.05, 3.63) is 42.5 Å². The Morgan fingerprint density at radius 3 is 2.06 bits per heavy atom. The Labute approximate surface area is 180 Å². The Kier molecular flexibility index (Phi) is 8.30. The van der Waals surface area contributed by atoms with Crippen LogP contribution in [0, 0.1) is 5.92 Å². The van der Waals surface area contributed by atoms with Crippen molar-refractivity contribution in [2.75, 3.05) is 19.7 Å². The number of halogens is 7. The molecule has 1 aliphatic rings. The highest BCUT2D eigenvalue weighted by atomic mass is 35.5. The quantitative estimate of drug-likeness (QED) is 0.528. The minimum atomic E-state index is -4.94. The van der Waals surface area contributed by atoms with Gasteiger partial charge in [0.25, 0.3) is 0 Å². The molecule has 0 amide bonds. The van der Waals surface area contributed by atoms with E-state index in [0.717, 1.165) is 38.1 Å². The molecule has 0 unspecified atom stereocenters. The van der Waals surface area contributed by atoms with Gasteiger partial charge in [-0.15, -0.1) is 38.7 Å². The van der Waals surface area contributed by atoms with Crippen LogP contribution in [0.5, 0.6) is 17.2 Å². The second-order valence-corrected chi connectivity index (χ2v) is 6.76. The van der Waals surface area contributed by atoms with Gasteiger partial charge < -0.3 is 19.5 Å². The van der Waals surface area contributed by atoms with Gasteiger partial charge >= 0.3 is 12.7 Å². The average Bonchev–Trinajstić information content (AvgIpc) is 2.66. The van der Waals surface area contributed by atoms with Crippen LogP contribution in [0.25, 0.3) is 11.1 Å². The van der Waals surface area contributed by atoms with Crippen molar-refractivity contribution in [1.29, 1.82) is 0 Å². The lowest BCUT2D eigenvalue weighted by molar-refractivity contribution is -0.275. The second kappa shape index (κ2) is 10.3. The van der Waals surface area contributed by atoms with Crippen molar-refractivity contribution in [3.63, 3.8) is 0 Å².